The lowest BCUT2D eigenvalue weighted by Crippen LogP contribution is -2.48. The Morgan fingerprint density at radius 3 is 2.50 bits per heavy atom. The van der Waals surface area contributed by atoms with Gasteiger partial charge in [-0.05, 0) is 63.4 Å². The summed E-state index contributed by atoms with van der Waals surface area (Å²) >= 11 is 0. The fourth-order valence-corrected chi connectivity index (χ4v) is 6.27. The maximum Gasteiger partial charge on any atom is 0.389 e. The van der Waals surface area contributed by atoms with Crippen molar-refractivity contribution in [2.45, 2.75) is 82.2 Å². The fraction of sp³-hybridized carbons (Fsp3) is 0.562. The summed E-state index contributed by atoms with van der Waals surface area (Å²) in [6.45, 7) is 5.39. The third-order valence-electron chi connectivity index (χ3n) is 7.86. The SMILES string of the molecule is C[C@@H]1CCCCO[C@@H](CN(C)S(=O)(=O)c2ccccc2)[C@H](C)CN([C@@H](C)CO)C(=O)c2cc(NC(=O)CCC(F)(F)F)ccc2O1. The summed E-state index contributed by atoms with van der Waals surface area (Å²) in [7, 11) is -2.35. The van der Waals surface area contributed by atoms with Crippen molar-refractivity contribution in [1.82, 2.24) is 9.21 Å². The number of rotatable bonds is 9. The summed E-state index contributed by atoms with van der Waals surface area (Å²) in [5.41, 5.74) is 0.182. The molecule has 0 bridgehead atoms. The number of benzene rings is 2. The number of ether oxygens (including phenoxy) is 2. The molecule has 256 valence electrons. The molecule has 0 aliphatic carbocycles. The van der Waals surface area contributed by atoms with Gasteiger partial charge in [-0.15, -0.1) is 0 Å². The van der Waals surface area contributed by atoms with Crippen LogP contribution in [0.5, 0.6) is 5.75 Å². The highest BCUT2D eigenvalue weighted by Gasteiger charge is 2.33. The lowest BCUT2D eigenvalue weighted by atomic mass is 10.0. The zero-order chi connectivity index (χ0) is 34.1. The Morgan fingerprint density at radius 2 is 1.85 bits per heavy atom. The minimum Gasteiger partial charge on any atom is -0.490 e. The molecular formula is C32H44F3N3O7S. The molecule has 2 amide bonds. The van der Waals surface area contributed by atoms with Gasteiger partial charge in [-0.2, -0.15) is 17.5 Å². The first kappa shape index (κ1) is 37.3. The predicted molar refractivity (Wildman–Crippen MR) is 167 cm³/mol. The first-order valence-corrected chi connectivity index (χ1v) is 16.8. The molecule has 2 aromatic rings. The zero-order valence-corrected chi connectivity index (χ0v) is 27.4. The normalized spacial score (nSPS) is 21.2. The van der Waals surface area contributed by atoms with Crippen molar-refractivity contribution in [3.05, 3.63) is 54.1 Å². The van der Waals surface area contributed by atoms with Gasteiger partial charge in [0.1, 0.15) is 5.75 Å². The van der Waals surface area contributed by atoms with Crippen LogP contribution in [-0.4, -0.2) is 92.3 Å². The monoisotopic (exact) mass is 671 g/mol. The van der Waals surface area contributed by atoms with E-state index in [-0.39, 0.29) is 47.7 Å². The van der Waals surface area contributed by atoms with Crippen molar-refractivity contribution in [2.24, 2.45) is 5.92 Å². The Bertz CT molecular complexity index is 1410. The van der Waals surface area contributed by atoms with E-state index in [1.165, 1.54) is 46.6 Å². The van der Waals surface area contributed by atoms with Gasteiger partial charge in [0.05, 0.1) is 41.7 Å². The van der Waals surface area contributed by atoms with E-state index in [0.29, 0.717) is 19.4 Å². The number of nitrogens with one attached hydrogen (secondary N) is 1. The highest BCUT2D eigenvalue weighted by molar-refractivity contribution is 7.89. The molecule has 10 nitrogen and oxygen atoms in total. The number of carbonyl (C=O) groups excluding carboxylic acids is 2. The van der Waals surface area contributed by atoms with E-state index in [9.17, 15) is 36.3 Å². The Kier molecular flexibility index (Phi) is 13.4. The average Bonchev–Trinajstić information content (AvgIpc) is 3.01. The second kappa shape index (κ2) is 16.6. The molecule has 0 aromatic heterocycles. The highest BCUT2D eigenvalue weighted by atomic mass is 32.2. The van der Waals surface area contributed by atoms with Crippen LogP contribution >= 0.6 is 0 Å². The van der Waals surface area contributed by atoms with Gasteiger partial charge >= 0.3 is 6.18 Å². The van der Waals surface area contributed by atoms with Crippen LogP contribution in [0.1, 0.15) is 63.2 Å². The van der Waals surface area contributed by atoms with E-state index in [1.54, 1.807) is 25.1 Å². The summed E-state index contributed by atoms with van der Waals surface area (Å²) in [4.78, 5) is 28.0. The number of fused-ring (bicyclic) bond motifs is 1. The summed E-state index contributed by atoms with van der Waals surface area (Å²) in [6.07, 6.45) is -5.46. The third-order valence-corrected chi connectivity index (χ3v) is 9.70. The summed E-state index contributed by atoms with van der Waals surface area (Å²) in [6, 6.07) is 11.7. The second-order valence-corrected chi connectivity index (χ2v) is 13.8. The number of amides is 2. The fourth-order valence-electron chi connectivity index (χ4n) is 5.07. The molecule has 0 saturated heterocycles. The molecule has 4 atom stereocenters. The van der Waals surface area contributed by atoms with E-state index in [2.05, 4.69) is 5.32 Å². The van der Waals surface area contributed by atoms with Crippen LogP contribution in [0.2, 0.25) is 0 Å². The Morgan fingerprint density at radius 1 is 1.15 bits per heavy atom. The minimum atomic E-state index is -4.49. The summed E-state index contributed by atoms with van der Waals surface area (Å²) < 4.78 is 78.1. The van der Waals surface area contributed by atoms with Gasteiger partial charge in [0.15, 0.2) is 0 Å². The van der Waals surface area contributed by atoms with Crippen LogP contribution < -0.4 is 10.1 Å². The van der Waals surface area contributed by atoms with Crippen molar-refractivity contribution in [3.8, 4) is 5.75 Å². The molecule has 2 N–H and O–H groups in total. The van der Waals surface area contributed by atoms with Crippen molar-refractivity contribution in [3.63, 3.8) is 0 Å². The maximum atomic E-state index is 14.2. The molecule has 0 spiro atoms. The van der Waals surface area contributed by atoms with Gasteiger partial charge in [0, 0.05) is 44.8 Å². The van der Waals surface area contributed by atoms with Gasteiger partial charge in [0.25, 0.3) is 5.91 Å². The molecule has 0 radical (unpaired) electrons. The number of anilines is 1. The standard InChI is InChI=1S/C32H44F3N3O7S/c1-22-19-38(23(2)21-39)31(41)27-18-25(36-30(40)15-16-32(33,34)35)13-14-28(27)45-24(3)10-8-9-17-44-29(22)20-37(4)46(42,43)26-11-6-5-7-12-26/h5-7,11-14,18,22-24,29,39H,8-10,15-17,19-21H2,1-4H3,(H,36,40)/t22-,23+,24-,29+/m1/s1. The molecule has 46 heavy (non-hydrogen) atoms. The molecule has 1 heterocycles. The number of halogens is 3. The number of alkyl halides is 3. The number of carbonyl (C=O) groups is 2. The van der Waals surface area contributed by atoms with Crippen molar-refractivity contribution in [1.29, 1.82) is 0 Å². The topological polar surface area (TPSA) is 125 Å². The van der Waals surface area contributed by atoms with Crippen molar-refractivity contribution >= 4 is 27.5 Å². The Hall–Kier alpha value is -3.20. The van der Waals surface area contributed by atoms with Crippen LogP contribution in [0.3, 0.4) is 0 Å². The maximum absolute atomic E-state index is 14.2. The van der Waals surface area contributed by atoms with Gasteiger partial charge in [-0.1, -0.05) is 25.1 Å². The van der Waals surface area contributed by atoms with Gasteiger partial charge in [-0.3, -0.25) is 9.59 Å². The number of sulfonamides is 1. The van der Waals surface area contributed by atoms with Crippen LogP contribution in [0.4, 0.5) is 18.9 Å². The smallest absolute Gasteiger partial charge is 0.389 e. The minimum absolute atomic E-state index is 0.0120. The lowest BCUT2D eigenvalue weighted by molar-refractivity contribution is -0.142. The van der Waals surface area contributed by atoms with Crippen LogP contribution in [0.25, 0.3) is 0 Å². The zero-order valence-electron chi connectivity index (χ0n) is 26.6. The van der Waals surface area contributed by atoms with Crippen LogP contribution in [0.15, 0.2) is 53.4 Å². The molecule has 2 aromatic carbocycles. The lowest BCUT2D eigenvalue weighted by Gasteiger charge is -2.35. The van der Waals surface area contributed by atoms with E-state index < -0.39 is 58.9 Å². The number of nitrogens with zero attached hydrogens (tertiary/aromatic N) is 2. The van der Waals surface area contributed by atoms with Gasteiger partial charge in [-0.25, -0.2) is 8.42 Å². The number of aliphatic hydroxyl groups is 1. The molecule has 0 unspecified atom stereocenters. The largest absolute Gasteiger partial charge is 0.490 e. The van der Waals surface area contributed by atoms with Crippen LogP contribution in [0, 0.1) is 5.92 Å². The molecule has 1 aliphatic heterocycles. The highest BCUT2D eigenvalue weighted by Crippen LogP contribution is 2.29. The van der Waals surface area contributed by atoms with Crippen molar-refractivity contribution in [2.75, 3.05) is 38.7 Å². The molecule has 0 saturated carbocycles. The third kappa shape index (κ3) is 10.7. The van der Waals surface area contributed by atoms with E-state index in [4.69, 9.17) is 9.47 Å². The predicted octanol–water partition coefficient (Wildman–Crippen LogP) is 5.08. The van der Waals surface area contributed by atoms with Crippen LogP contribution in [-0.2, 0) is 19.6 Å². The summed E-state index contributed by atoms with van der Waals surface area (Å²) in [5.74, 6) is -1.57. The van der Waals surface area contributed by atoms with Gasteiger partial charge in [0.2, 0.25) is 15.9 Å². The molecular weight excluding hydrogens is 627 g/mol. The first-order valence-electron chi connectivity index (χ1n) is 15.3. The van der Waals surface area contributed by atoms with E-state index in [0.717, 1.165) is 6.42 Å². The Balaban J connectivity index is 1.94. The number of aliphatic hydroxyl groups excluding tert-OH is 1. The first-order chi connectivity index (χ1) is 21.6. The number of likely N-dealkylation sites (N-methyl/N-ethyl adjacent to an activating group) is 1. The number of hydrogen-bond acceptors (Lipinski definition) is 7. The molecule has 3 rings (SSSR count). The molecule has 14 heteroatoms. The van der Waals surface area contributed by atoms with Crippen molar-refractivity contribution < 1.29 is 45.8 Å². The van der Waals surface area contributed by atoms with E-state index >= 15 is 0 Å². The number of hydrogen-bond donors (Lipinski definition) is 2. The summed E-state index contributed by atoms with van der Waals surface area (Å²) in [5, 5.41) is 12.5. The van der Waals surface area contributed by atoms with E-state index in [1.807, 2.05) is 13.8 Å². The molecule has 1 aliphatic rings. The quantitative estimate of drug-likeness (QED) is 0.381. The molecule has 0 fully saturated rings. The van der Waals surface area contributed by atoms with Gasteiger partial charge < -0.3 is 24.8 Å². The average molecular weight is 672 g/mol. The Labute approximate surface area is 268 Å². The second-order valence-electron chi connectivity index (χ2n) is 11.8.